The Labute approximate surface area is 353 Å². The molecule has 1 aliphatic heterocycles. The maximum atomic E-state index is 15.5. The molecule has 0 bridgehead atoms. The number of anilines is 1. The summed E-state index contributed by atoms with van der Waals surface area (Å²) in [6.45, 7) is 16.9. The van der Waals surface area contributed by atoms with Crippen LogP contribution in [0.15, 0.2) is 67.4 Å². The highest BCUT2D eigenvalue weighted by atomic mass is 35.5. The molecule has 0 saturated carbocycles. The number of fused-ring (bicyclic) bond motifs is 4. The first-order valence-electron chi connectivity index (χ1n) is 19.7. The molecule has 10 nitrogen and oxygen atoms in total. The predicted octanol–water partition coefficient (Wildman–Crippen LogP) is 10.9. The summed E-state index contributed by atoms with van der Waals surface area (Å²) >= 11 is 13.6. The van der Waals surface area contributed by atoms with Crippen LogP contribution in [-0.2, 0) is 20.0 Å². The second kappa shape index (κ2) is 15.4. The molecular weight excluding hydrogens is 783 g/mol. The quantitative estimate of drug-likeness (QED) is 0.130. The van der Waals surface area contributed by atoms with Crippen LogP contribution in [0.3, 0.4) is 0 Å². The van der Waals surface area contributed by atoms with E-state index >= 15 is 4.79 Å². The van der Waals surface area contributed by atoms with Crippen LogP contribution in [0, 0.1) is 34.6 Å². The highest BCUT2D eigenvalue weighted by molar-refractivity contribution is 6.35. The fourth-order valence-electron chi connectivity index (χ4n) is 8.89. The molecule has 12 heteroatoms. The van der Waals surface area contributed by atoms with Crippen LogP contribution in [0.2, 0.25) is 10.0 Å². The number of halogens is 2. The molecule has 0 fully saturated rings. The Morgan fingerprint density at radius 2 is 1.75 bits per heavy atom. The third-order valence-electron chi connectivity index (χ3n) is 11.6. The predicted molar refractivity (Wildman–Crippen MR) is 237 cm³/mol. The molecule has 8 rings (SSSR count). The Kier molecular flexibility index (Phi) is 10.4. The zero-order chi connectivity index (χ0) is 42.0. The van der Waals surface area contributed by atoms with Gasteiger partial charge in [0.15, 0.2) is 0 Å². The lowest BCUT2D eigenvalue weighted by atomic mass is 9.98. The number of aromatic nitrogens is 5. The molecule has 1 aliphatic rings. The molecular formula is C47H46Cl2N6O4. The third-order valence-corrected chi connectivity index (χ3v) is 12.5. The summed E-state index contributed by atoms with van der Waals surface area (Å²) < 4.78 is 12.1. The zero-order valence-electron chi connectivity index (χ0n) is 34.3. The van der Waals surface area contributed by atoms with Gasteiger partial charge in [0.05, 0.1) is 46.3 Å². The lowest BCUT2D eigenvalue weighted by molar-refractivity contribution is 0.0686. The van der Waals surface area contributed by atoms with Crippen LogP contribution in [0.5, 0.6) is 5.75 Å². The number of amides is 1. The molecule has 1 unspecified atom stereocenters. The summed E-state index contributed by atoms with van der Waals surface area (Å²) in [4.78, 5) is 34.7. The number of hydrogen-bond acceptors (Lipinski definition) is 5. The Morgan fingerprint density at radius 1 is 1.00 bits per heavy atom. The largest absolute Gasteiger partial charge is 0.494 e. The molecule has 1 amide bonds. The molecule has 0 radical (unpaired) electrons. The fourth-order valence-corrected chi connectivity index (χ4v) is 9.25. The SMILES string of the molecule is C=Cc1ccnc(Cn2c(C(=O)O)cc3cc(C)cc(N4CC(C)n5c(c(CCCOc6cc(C)c(Cl)c(C)c6)c6ccc(Cl)c(-c7c(C)nn(C)c7C)c65)C4=O)c32)c1. The van der Waals surface area contributed by atoms with E-state index in [1.807, 2.05) is 99.8 Å². The summed E-state index contributed by atoms with van der Waals surface area (Å²) in [6, 6.07) is 17.0. The lowest BCUT2D eigenvalue weighted by Gasteiger charge is -2.35. The number of rotatable bonds is 11. The normalized spacial score (nSPS) is 14.1. The van der Waals surface area contributed by atoms with Crippen molar-refractivity contribution in [2.45, 2.75) is 67.0 Å². The molecule has 0 saturated heterocycles. The smallest absolute Gasteiger partial charge is 0.352 e. The Balaban J connectivity index is 1.30. The van der Waals surface area contributed by atoms with Gasteiger partial charge >= 0.3 is 5.97 Å². The maximum Gasteiger partial charge on any atom is 0.352 e. The van der Waals surface area contributed by atoms with Crippen molar-refractivity contribution in [3.05, 3.63) is 134 Å². The molecule has 1 atom stereocenters. The van der Waals surface area contributed by atoms with Crippen molar-refractivity contribution in [3.63, 3.8) is 0 Å². The number of nitrogens with zero attached hydrogens (tertiary/aromatic N) is 6. The Morgan fingerprint density at radius 3 is 2.42 bits per heavy atom. The average molecular weight is 830 g/mol. The lowest BCUT2D eigenvalue weighted by Crippen LogP contribution is -2.43. The molecule has 4 aromatic heterocycles. The minimum Gasteiger partial charge on any atom is -0.494 e. The number of carboxylic acids is 1. The number of carbonyl (C=O) groups excluding carboxylic acids is 1. The highest BCUT2D eigenvalue weighted by Gasteiger charge is 2.38. The third kappa shape index (κ3) is 6.88. The van der Waals surface area contributed by atoms with Gasteiger partial charge in [-0.2, -0.15) is 5.10 Å². The van der Waals surface area contributed by atoms with Crippen molar-refractivity contribution in [3.8, 4) is 16.9 Å². The number of carbonyl (C=O) groups is 2. The summed E-state index contributed by atoms with van der Waals surface area (Å²) in [5, 5.41) is 18.2. The standard InChI is InChI=1S/C47H46Cl2N6O4/c1-9-31-14-15-50-33(21-31)24-53-39(47(57)58)22-32-17-25(2)18-38(43(32)53)54-23-28(5)55-44-36(12-13-37(48)41(44)40-29(6)51-52(8)30(40)7)35(45(55)46(54)56)11-10-16-59-34-19-26(3)42(49)27(4)20-34/h9,12-15,17-22,28H,1,10-11,16,23-24H2,2-8H3,(H,57,58). The fraction of sp³-hybridized carbons (Fsp3) is 0.277. The minimum absolute atomic E-state index is 0.109. The van der Waals surface area contributed by atoms with Crippen LogP contribution in [0.25, 0.3) is 39.0 Å². The Bertz CT molecular complexity index is 2860. The number of hydrogen-bond donors (Lipinski definition) is 1. The summed E-state index contributed by atoms with van der Waals surface area (Å²) in [5.41, 5.74) is 11.7. The molecule has 59 heavy (non-hydrogen) atoms. The number of aromatic carboxylic acids is 1. The van der Waals surface area contributed by atoms with Gasteiger partial charge in [-0.15, -0.1) is 0 Å². The van der Waals surface area contributed by atoms with E-state index in [1.165, 1.54) is 0 Å². The van der Waals surface area contributed by atoms with Crippen molar-refractivity contribution in [2.75, 3.05) is 18.1 Å². The van der Waals surface area contributed by atoms with Crippen molar-refractivity contribution in [1.82, 2.24) is 23.9 Å². The van der Waals surface area contributed by atoms with Crippen LogP contribution in [0.4, 0.5) is 5.69 Å². The van der Waals surface area contributed by atoms with Gasteiger partial charge in [-0.05, 0) is 131 Å². The van der Waals surface area contributed by atoms with E-state index in [0.717, 1.165) is 77.4 Å². The monoisotopic (exact) mass is 828 g/mol. The van der Waals surface area contributed by atoms with Crippen molar-refractivity contribution >= 4 is 68.6 Å². The van der Waals surface area contributed by atoms with E-state index in [1.54, 1.807) is 22.9 Å². The van der Waals surface area contributed by atoms with E-state index in [-0.39, 0.29) is 24.2 Å². The first-order chi connectivity index (χ1) is 28.2. The summed E-state index contributed by atoms with van der Waals surface area (Å²) in [5.74, 6) is -0.495. The number of pyridine rings is 1. The van der Waals surface area contributed by atoms with Gasteiger partial charge in [0, 0.05) is 58.4 Å². The number of ether oxygens (including phenoxy) is 1. The first kappa shape index (κ1) is 40.0. The van der Waals surface area contributed by atoms with Gasteiger partial charge in [0.25, 0.3) is 5.91 Å². The summed E-state index contributed by atoms with van der Waals surface area (Å²) in [7, 11) is 1.92. The molecule has 0 spiro atoms. The maximum absolute atomic E-state index is 15.5. The molecule has 5 heterocycles. The van der Waals surface area contributed by atoms with Gasteiger partial charge in [0.1, 0.15) is 17.1 Å². The highest BCUT2D eigenvalue weighted by Crippen LogP contribution is 2.46. The number of benzene rings is 3. The number of aryl methyl sites for hydroxylation is 6. The van der Waals surface area contributed by atoms with Gasteiger partial charge in [-0.25, -0.2) is 4.79 Å². The molecule has 0 aliphatic carbocycles. The second-order valence-electron chi connectivity index (χ2n) is 15.7. The van der Waals surface area contributed by atoms with E-state index in [9.17, 15) is 9.90 Å². The van der Waals surface area contributed by atoms with Crippen LogP contribution < -0.4 is 9.64 Å². The molecule has 3 aromatic carbocycles. The van der Waals surface area contributed by atoms with Crippen LogP contribution >= 0.6 is 23.2 Å². The first-order valence-corrected chi connectivity index (χ1v) is 20.5. The minimum atomic E-state index is -1.07. The molecule has 1 N–H and O–H groups in total. The van der Waals surface area contributed by atoms with E-state index < -0.39 is 5.97 Å². The van der Waals surface area contributed by atoms with E-state index in [0.29, 0.717) is 53.6 Å². The van der Waals surface area contributed by atoms with Crippen molar-refractivity contribution in [1.29, 1.82) is 0 Å². The van der Waals surface area contributed by atoms with Gasteiger partial charge in [-0.3, -0.25) is 14.5 Å². The van der Waals surface area contributed by atoms with Crippen molar-refractivity contribution in [2.24, 2.45) is 7.05 Å². The van der Waals surface area contributed by atoms with Gasteiger partial charge < -0.3 is 23.9 Å². The second-order valence-corrected chi connectivity index (χ2v) is 16.5. The zero-order valence-corrected chi connectivity index (χ0v) is 35.8. The number of carboxylic acid groups (broad SMARTS) is 1. The topological polar surface area (TPSA) is 107 Å². The Hall–Kier alpha value is -5.84. The average Bonchev–Trinajstić information content (AvgIpc) is 3.81. The van der Waals surface area contributed by atoms with Crippen molar-refractivity contribution < 1.29 is 19.4 Å². The van der Waals surface area contributed by atoms with E-state index in [4.69, 9.17) is 33.0 Å². The van der Waals surface area contributed by atoms with Crippen LogP contribution in [0.1, 0.15) is 85.3 Å². The molecule has 302 valence electrons. The molecule has 7 aromatic rings. The van der Waals surface area contributed by atoms with Gasteiger partial charge in [-0.1, -0.05) is 41.9 Å². The van der Waals surface area contributed by atoms with Gasteiger partial charge in [0.2, 0.25) is 0 Å². The van der Waals surface area contributed by atoms with Crippen LogP contribution in [-0.4, -0.2) is 54.0 Å². The summed E-state index contributed by atoms with van der Waals surface area (Å²) in [6.07, 6.45) is 4.61. The van der Waals surface area contributed by atoms with E-state index in [2.05, 4.69) is 23.1 Å².